The number of likely N-dealkylation sites (tertiary alicyclic amines) is 1. The van der Waals surface area contributed by atoms with E-state index in [2.05, 4.69) is 74.0 Å². The Morgan fingerprint density at radius 3 is 2.35 bits per heavy atom. The van der Waals surface area contributed by atoms with E-state index in [1.807, 2.05) is 30.0 Å². The smallest absolute Gasteiger partial charge is 0.209 e. The van der Waals surface area contributed by atoms with E-state index in [1.165, 1.54) is 24.1 Å². The second kappa shape index (κ2) is 18.6. The van der Waals surface area contributed by atoms with Crippen molar-refractivity contribution in [2.75, 3.05) is 33.4 Å². The van der Waals surface area contributed by atoms with Crippen LogP contribution in [0.25, 0.3) is 0 Å². The minimum Gasteiger partial charge on any atom is -0.493 e. The average molecular weight is 504 g/mol. The summed E-state index contributed by atoms with van der Waals surface area (Å²) in [5, 5.41) is 2.36. The molecule has 1 amide bonds. The van der Waals surface area contributed by atoms with E-state index in [4.69, 9.17) is 9.47 Å². The molecule has 2 N–H and O–H groups in total. The van der Waals surface area contributed by atoms with E-state index in [0.29, 0.717) is 24.5 Å². The molecule has 2 heterocycles. The zero-order valence-corrected chi connectivity index (χ0v) is 22.4. The highest BCUT2D eigenvalue weighted by Crippen LogP contribution is 2.37. The Morgan fingerprint density at radius 2 is 1.78 bits per heavy atom. The number of ether oxygens (including phenoxy) is 2. The number of nitrogens with zero attached hydrogens (tertiary/aromatic N) is 1. The summed E-state index contributed by atoms with van der Waals surface area (Å²) in [6, 6.07) is 17.1. The Hall–Kier alpha value is -3.67. The van der Waals surface area contributed by atoms with Gasteiger partial charge >= 0.3 is 0 Å². The summed E-state index contributed by atoms with van der Waals surface area (Å²) in [4.78, 5) is 12.9. The number of carbonyl (C=O) groups excluding carboxylic acids is 1. The van der Waals surface area contributed by atoms with Gasteiger partial charge in [-0.05, 0) is 43.7 Å². The van der Waals surface area contributed by atoms with Gasteiger partial charge in [0.25, 0.3) is 0 Å². The lowest BCUT2D eigenvalue weighted by molar-refractivity contribution is -0.636. The number of nitrogens with two attached hydrogens (primary N) is 1. The van der Waals surface area contributed by atoms with E-state index < -0.39 is 0 Å². The molecule has 37 heavy (non-hydrogen) atoms. The number of rotatable bonds is 8. The molecule has 0 radical (unpaired) electrons. The van der Waals surface area contributed by atoms with Gasteiger partial charge in [-0.25, -0.2) is 0 Å². The van der Waals surface area contributed by atoms with Crippen molar-refractivity contribution in [3.05, 3.63) is 72.3 Å². The van der Waals surface area contributed by atoms with Gasteiger partial charge in [-0.1, -0.05) is 48.5 Å². The highest BCUT2D eigenvalue weighted by atomic mass is 16.5. The number of amides is 1. The zero-order valence-electron chi connectivity index (χ0n) is 22.4. The third kappa shape index (κ3) is 9.37. The molecule has 0 aliphatic carbocycles. The summed E-state index contributed by atoms with van der Waals surface area (Å²) in [6.45, 7) is 9.71. The molecule has 0 aromatic heterocycles. The maximum absolute atomic E-state index is 11.0. The molecule has 2 unspecified atom stereocenters. The SMILES string of the molecule is C#C.C#C.C=CCC1CC(c2ccccc2)CCN1C=O.CCOc1c(OC)cccc1[C@H]1CC[NH2+]C1. The number of quaternary nitrogens is 1. The summed E-state index contributed by atoms with van der Waals surface area (Å²) in [6.07, 6.45) is 23.1. The molecular formula is C32H43N2O3+. The molecule has 2 aromatic rings. The first kappa shape index (κ1) is 31.4. The molecule has 0 spiro atoms. The Kier molecular flexibility index (Phi) is 15.7. The predicted molar refractivity (Wildman–Crippen MR) is 153 cm³/mol. The maximum atomic E-state index is 11.0. The van der Waals surface area contributed by atoms with Gasteiger partial charge in [0.1, 0.15) is 0 Å². The van der Waals surface area contributed by atoms with Crippen molar-refractivity contribution in [3.8, 4) is 37.2 Å². The number of terminal acetylenes is 2. The number of benzene rings is 2. The first-order chi connectivity index (χ1) is 18.2. The number of hydrogen-bond donors (Lipinski definition) is 1. The summed E-state index contributed by atoms with van der Waals surface area (Å²) in [5.41, 5.74) is 2.70. The monoisotopic (exact) mass is 503 g/mol. The van der Waals surface area contributed by atoms with Crippen LogP contribution in [0.5, 0.6) is 11.5 Å². The molecule has 2 aliphatic heterocycles. The molecule has 2 saturated heterocycles. The second-order valence-corrected chi connectivity index (χ2v) is 8.76. The van der Waals surface area contributed by atoms with E-state index in [-0.39, 0.29) is 0 Å². The minimum absolute atomic E-state index is 0.323. The number of hydrogen-bond acceptors (Lipinski definition) is 3. The Morgan fingerprint density at radius 1 is 1.05 bits per heavy atom. The quantitative estimate of drug-likeness (QED) is 0.325. The van der Waals surface area contributed by atoms with Crippen molar-refractivity contribution in [2.45, 2.75) is 50.5 Å². The fraction of sp³-hybridized carbons (Fsp3) is 0.406. The van der Waals surface area contributed by atoms with Crippen molar-refractivity contribution in [1.29, 1.82) is 0 Å². The van der Waals surface area contributed by atoms with Crippen LogP contribution in [0.1, 0.15) is 55.6 Å². The van der Waals surface area contributed by atoms with Crippen LogP contribution in [-0.4, -0.2) is 50.7 Å². The van der Waals surface area contributed by atoms with Gasteiger partial charge in [-0.2, -0.15) is 0 Å². The summed E-state index contributed by atoms with van der Waals surface area (Å²) < 4.78 is 11.1. The Balaban J connectivity index is 0.000000327. The molecule has 3 atom stereocenters. The number of para-hydroxylation sites is 1. The van der Waals surface area contributed by atoms with E-state index >= 15 is 0 Å². The van der Waals surface area contributed by atoms with Gasteiger partial charge in [-0.3, -0.25) is 4.79 Å². The molecule has 4 rings (SSSR count). The molecule has 5 heteroatoms. The third-order valence-electron chi connectivity index (χ3n) is 6.73. The van der Waals surface area contributed by atoms with Crippen molar-refractivity contribution >= 4 is 6.41 Å². The fourth-order valence-corrected chi connectivity index (χ4v) is 5.01. The van der Waals surface area contributed by atoms with Crippen molar-refractivity contribution in [1.82, 2.24) is 4.90 Å². The van der Waals surface area contributed by atoms with Crippen LogP contribution in [0.15, 0.2) is 61.2 Å². The standard InChI is InChI=1S/C15H19NO.C13H19NO2.2C2H2/c1-2-6-15-11-14(9-10-16(15)12-17)13-7-4-3-5-8-13;1-3-16-13-11(10-7-8-14-9-10)5-4-6-12(13)15-2;2*1-2/h2-5,7-8,12,14-15H,1,6,9-11H2;4-6,10,14H,3,7-9H2,1-2H3;2*1-2H/p+1/t;10-;;/m.0../s1. The van der Waals surface area contributed by atoms with Crippen LogP contribution in [-0.2, 0) is 4.79 Å². The van der Waals surface area contributed by atoms with Gasteiger partial charge in [0.2, 0.25) is 6.41 Å². The van der Waals surface area contributed by atoms with Crippen molar-refractivity contribution < 1.29 is 19.6 Å². The van der Waals surface area contributed by atoms with Crippen molar-refractivity contribution in [3.63, 3.8) is 0 Å². The average Bonchev–Trinajstić information content (AvgIpc) is 3.51. The summed E-state index contributed by atoms with van der Waals surface area (Å²) in [7, 11) is 1.70. The zero-order chi connectivity index (χ0) is 27.5. The van der Waals surface area contributed by atoms with E-state index in [9.17, 15) is 4.79 Å². The van der Waals surface area contributed by atoms with Crippen LogP contribution < -0.4 is 14.8 Å². The van der Waals surface area contributed by atoms with Crippen LogP contribution >= 0.6 is 0 Å². The molecule has 2 aromatic carbocycles. The Bertz CT molecular complexity index is 942. The lowest BCUT2D eigenvalue weighted by atomic mass is 9.84. The predicted octanol–water partition coefficient (Wildman–Crippen LogP) is 4.61. The van der Waals surface area contributed by atoms with Crippen LogP contribution in [0.3, 0.4) is 0 Å². The van der Waals surface area contributed by atoms with E-state index in [0.717, 1.165) is 50.3 Å². The van der Waals surface area contributed by atoms with E-state index in [1.54, 1.807) is 7.11 Å². The number of piperidine rings is 1. The minimum atomic E-state index is 0.323. The summed E-state index contributed by atoms with van der Waals surface area (Å²) in [5.74, 6) is 2.98. The first-order valence-corrected chi connectivity index (χ1v) is 12.9. The largest absolute Gasteiger partial charge is 0.493 e. The molecule has 0 bridgehead atoms. The van der Waals surface area contributed by atoms with Gasteiger partial charge < -0.3 is 19.7 Å². The van der Waals surface area contributed by atoms with Gasteiger partial charge in [0.15, 0.2) is 11.5 Å². The molecule has 2 fully saturated rings. The first-order valence-electron chi connectivity index (χ1n) is 12.9. The second-order valence-electron chi connectivity index (χ2n) is 8.76. The van der Waals surface area contributed by atoms with Crippen LogP contribution in [0.2, 0.25) is 0 Å². The molecule has 2 aliphatic rings. The van der Waals surface area contributed by atoms with Crippen LogP contribution in [0.4, 0.5) is 0 Å². The van der Waals surface area contributed by atoms with Crippen LogP contribution in [0, 0.1) is 25.7 Å². The molecule has 198 valence electrons. The molecular weight excluding hydrogens is 460 g/mol. The lowest BCUT2D eigenvalue weighted by Crippen LogP contribution is -2.81. The lowest BCUT2D eigenvalue weighted by Gasteiger charge is -2.37. The molecule has 5 nitrogen and oxygen atoms in total. The topological polar surface area (TPSA) is 55.4 Å². The normalized spacial score (nSPS) is 19.8. The number of methoxy groups -OCH3 is 1. The highest BCUT2D eigenvalue weighted by molar-refractivity contribution is 5.49. The fourth-order valence-electron chi connectivity index (χ4n) is 5.01. The number of carbonyl (C=O) groups is 1. The van der Waals surface area contributed by atoms with Crippen molar-refractivity contribution in [2.24, 2.45) is 0 Å². The third-order valence-corrected chi connectivity index (χ3v) is 6.73. The summed E-state index contributed by atoms with van der Waals surface area (Å²) >= 11 is 0. The highest BCUT2D eigenvalue weighted by Gasteiger charge is 2.27. The molecule has 0 saturated carbocycles. The van der Waals surface area contributed by atoms with Gasteiger partial charge in [-0.15, -0.1) is 32.3 Å². The Labute approximate surface area is 224 Å². The maximum Gasteiger partial charge on any atom is 0.209 e. The van der Waals surface area contributed by atoms with Gasteiger partial charge in [0.05, 0.1) is 26.8 Å². The van der Waals surface area contributed by atoms with Gasteiger partial charge in [0, 0.05) is 30.5 Å².